The lowest BCUT2D eigenvalue weighted by Crippen LogP contribution is -2.46. The number of ether oxygens (including phenoxy) is 3. The third kappa shape index (κ3) is 5.30. The van der Waals surface area contributed by atoms with Crippen molar-refractivity contribution < 1.29 is 15.6 Å². The molecule has 2 aliphatic heterocycles. The van der Waals surface area contributed by atoms with Gasteiger partial charge in [0, 0.05) is 43.1 Å². The van der Waals surface area contributed by atoms with Gasteiger partial charge in [0.15, 0.2) is 0 Å². The molecule has 0 saturated carbocycles. The van der Waals surface area contributed by atoms with Crippen LogP contribution in [-0.2, 0) is 21.8 Å². The topological polar surface area (TPSA) is 64.9 Å². The van der Waals surface area contributed by atoms with Gasteiger partial charge in [-0.15, -0.1) is 0 Å². The summed E-state index contributed by atoms with van der Waals surface area (Å²) in [5.41, 5.74) is 3.31. The second kappa shape index (κ2) is 10.6. The summed E-state index contributed by atoms with van der Waals surface area (Å²) < 4.78 is 28.2. The molecule has 2 atom stereocenters. The van der Waals surface area contributed by atoms with E-state index in [1.807, 2.05) is 66.7 Å². The first-order valence-corrected chi connectivity index (χ1v) is 12.7. The van der Waals surface area contributed by atoms with Crippen LogP contribution in [0.3, 0.4) is 0 Å². The zero-order valence-corrected chi connectivity index (χ0v) is 20.6. The number of piperazine rings is 1. The Balaban J connectivity index is 1.03. The van der Waals surface area contributed by atoms with Crippen molar-refractivity contribution in [2.45, 2.75) is 18.4 Å². The number of hydrogen-bond acceptors (Lipinski definition) is 7. The highest BCUT2D eigenvalue weighted by atomic mass is 16.8. The number of nitrogens with zero attached hydrogens (tertiary/aromatic N) is 5. The molecule has 0 spiro atoms. The Bertz CT molecular complexity index is 1300. The van der Waals surface area contributed by atoms with Crippen LogP contribution in [0.15, 0.2) is 97.6 Å². The fourth-order valence-corrected chi connectivity index (χ4v) is 4.95. The molecule has 2 unspecified atom stereocenters. The Morgan fingerprint density at radius 3 is 2.27 bits per heavy atom. The zero-order chi connectivity index (χ0) is 25.8. The van der Waals surface area contributed by atoms with Crippen LogP contribution in [0.5, 0.6) is 5.75 Å². The maximum Gasteiger partial charge on any atom is 0.215 e. The molecule has 0 amide bonds. The van der Waals surface area contributed by atoms with Gasteiger partial charge in [-0.2, -0.15) is 5.10 Å². The second-order valence-corrected chi connectivity index (χ2v) is 9.30. The third-order valence-electron chi connectivity index (χ3n) is 6.89. The molecule has 4 aromatic rings. The van der Waals surface area contributed by atoms with Crippen LogP contribution in [0.1, 0.15) is 6.93 Å². The molecule has 2 aliphatic rings. The summed E-state index contributed by atoms with van der Waals surface area (Å²) in [4.78, 5) is 8.81. The third-order valence-corrected chi connectivity index (χ3v) is 6.89. The minimum atomic E-state index is -0.932. The molecule has 190 valence electrons. The first kappa shape index (κ1) is 22.3. The SMILES string of the molecule is [2H]c1ccc(N2CCN(c3ccc(OCC4COC(Cn5cncn5)(c5ccccc5)O4)cc3)CC2)cc1. The summed E-state index contributed by atoms with van der Waals surface area (Å²) in [7, 11) is 0. The van der Waals surface area contributed by atoms with E-state index in [9.17, 15) is 0 Å². The lowest BCUT2D eigenvalue weighted by atomic mass is 10.1. The molecule has 3 aromatic carbocycles. The van der Waals surface area contributed by atoms with Crippen molar-refractivity contribution in [2.75, 3.05) is 49.2 Å². The standard InChI is InChI=1S/C29H31N5O3/c1-3-7-24(8-4-1)29(21-34-23-30-22-31-34)36-20-28(37-29)19-35-27-13-11-26(12-14-27)33-17-15-32(16-18-33)25-9-5-2-6-10-25/h1-14,22-23,28H,15-21H2/i2D. The number of aromatic nitrogens is 3. The number of rotatable bonds is 8. The van der Waals surface area contributed by atoms with Gasteiger partial charge in [0.05, 0.1) is 7.98 Å². The van der Waals surface area contributed by atoms with Gasteiger partial charge < -0.3 is 24.0 Å². The molecule has 1 aromatic heterocycles. The van der Waals surface area contributed by atoms with Crippen LogP contribution >= 0.6 is 0 Å². The Kier molecular flexibility index (Phi) is 6.41. The molecule has 3 heterocycles. The molecule has 37 heavy (non-hydrogen) atoms. The monoisotopic (exact) mass is 498 g/mol. The fourth-order valence-electron chi connectivity index (χ4n) is 4.95. The van der Waals surface area contributed by atoms with Crippen molar-refractivity contribution in [1.29, 1.82) is 0 Å². The van der Waals surface area contributed by atoms with E-state index < -0.39 is 5.79 Å². The van der Waals surface area contributed by atoms with Gasteiger partial charge in [0.2, 0.25) is 5.79 Å². The van der Waals surface area contributed by atoms with Crippen LogP contribution < -0.4 is 14.5 Å². The van der Waals surface area contributed by atoms with Gasteiger partial charge in [0.1, 0.15) is 37.7 Å². The second-order valence-electron chi connectivity index (χ2n) is 9.30. The number of para-hydroxylation sites is 1. The van der Waals surface area contributed by atoms with Crippen molar-refractivity contribution in [3.63, 3.8) is 0 Å². The predicted octanol–water partition coefficient (Wildman–Crippen LogP) is 3.95. The molecule has 2 fully saturated rings. The number of hydrogen-bond donors (Lipinski definition) is 0. The van der Waals surface area contributed by atoms with E-state index in [-0.39, 0.29) is 6.10 Å². The lowest BCUT2D eigenvalue weighted by molar-refractivity contribution is -0.190. The van der Waals surface area contributed by atoms with Crippen LogP contribution in [0, 0.1) is 0 Å². The molecule has 6 rings (SSSR count). The summed E-state index contributed by atoms with van der Waals surface area (Å²) in [5, 5.41) is 4.24. The molecular weight excluding hydrogens is 466 g/mol. The fraction of sp³-hybridized carbons (Fsp3) is 0.310. The van der Waals surface area contributed by atoms with Crippen molar-refractivity contribution in [3.8, 4) is 5.75 Å². The van der Waals surface area contributed by atoms with Gasteiger partial charge in [-0.1, -0.05) is 48.5 Å². The average Bonchev–Trinajstić information content (AvgIpc) is 3.64. The van der Waals surface area contributed by atoms with E-state index >= 15 is 0 Å². The van der Waals surface area contributed by atoms with Crippen molar-refractivity contribution in [1.82, 2.24) is 14.8 Å². The Labute approximate surface area is 218 Å². The van der Waals surface area contributed by atoms with Gasteiger partial charge in [-0.05, 0) is 36.4 Å². The van der Waals surface area contributed by atoms with Crippen LogP contribution in [0.2, 0.25) is 0 Å². The van der Waals surface area contributed by atoms with Crippen molar-refractivity contribution in [2.24, 2.45) is 0 Å². The van der Waals surface area contributed by atoms with E-state index in [4.69, 9.17) is 15.6 Å². The minimum Gasteiger partial charge on any atom is -0.491 e. The zero-order valence-electron chi connectivity index (χ0n) is 21.6. The highest BCUT2D eigenvalue weighted by Gasteiger charge is 2.44. The summed E-state index contributed by atoms with van der Waals surface area (Å²) >= 11 is 0. The quantitative estimate of drug-likeness (QED) is 0.364. The summed E-state index contributed by atoms with van der Waals surface area (Å²) in [6.45, 7) is 5.02. The summed E-state index contributed by atoms with van der Waals surface area (Å²) in [5.74, 6) is -0.127. The predicted molar refractivity (Wildman–Crippen MR) is 142 cm³/mol. The number of anilines is 2. The average molecular weight is 499 g/mol. The molecule has 8 heteroatoms. The molecular formula is C29H31N5O3. The van der Waals surface area contributed by atoms with Gasteiger partial charge in [-0.25, -0.2) is 9.67 Å². The van der Waals surface area contributed by atoms with Crippen molar-refractivity contribution >= 4 is 11.4 Å². The van der Waals surface area contributed by atoms with Gasteiger partial charge >= 0.3 is 0 Å². The molecule has 0 radical (unpaired) electrons. The Morgan fingerprint density at radius 1 is 0.892 bits per heavy atom. The Hall–Kier alpha value is -3.88. The molecule has 0 bridgehead atoms. The van der Waals surface area contributed by atoms with Crippen LogP contribution in [0.4, 0.5) is 11.4 Å². The van der Waals surface area contributed by atoms with Crippen molar-refractivity contribution in [3.05, 3.63) is 103 Å². The minimum absolute atomic E-state index is 0.212. The molecule has 0 N–H and O–H groups in total. The first-order valence-electron chi connectivity index (χ1n) is 13.2. The van der Waals surface area contributed by atoms with Gasteiger partial charge in [0.25, 0.3) is 0 Å². The molecule has 8 nitrogen and oxygen atoms in total. The van der Waals surface area contributed by atoms with E-state index in [1.54, 1.807) is 11.0 Å². The van der Waals surface area contributed by atoms with E-state index in [1.165, 1.54) is 17.7 Å². The lowest BCUT2D eigenvalue weighted by Gasteiger charge is -2.37. The highest BCUT2D eigenvalue weighted by Crippen LogP contribution is 2.36. The van der Waals surface area contributed by atoms with Crippen LogP contribution in [0.25, 0.3) is 0 Å². The molecule has 2 saturated heterocycles. The van der Waals surface area contributed by atoms with E-state index in [0.717, 1.165) is 37.5 Å². The Morgan fingerprint density at radius 2 is 1.59 bits per heavy atom. The largest absolute Gasteiger partial charge is 0.491 e. The van der Waals surface area contributed by atoms with Gasteiger partial charge in [-0.3, -0.25) is 0 Å². The maximum absolute atomic E-state index is 7.68. The summed E-state index contributed by atoms with van der Waals surface area (Å²) in [6, 6.07) is 26.5. The normalized spacial score (nSPS) is 22.2. The van der Waals surface area contributed by atoms with E-state index in [0.29, 0.717) is 25.8 Å². The van der Waals surface area contributed by atoms with Crippen LogP contribution in [-0.4, -0.2) is 60.3 Å². The highest BCUT2D eigenvalue weighted by molar-refractivity contribution is 5.53. The van der Waals surface area contributed by atoms with E-state index in [2.05, 4.69) is 32.0 Å². The maximum atomic E-state index is 7.68. The number of benzene rings is 3. The summed E-state index contributed by atoms with van der Waals surface area (Å²) in [6.07, 6.45) is 2.96. The smallest absolute Gasteiger partial charge is 0.215 e. The molecule has 0 aliphatic carbocycles. The first-order chi connectivity index (χ1) is 18.7.